The molecule has 2 bridgehead atoms. The Balaban J connectivity index is 2.31. The topological polar surface area (TPSA) is 78.9 Å². The Kier molecular flexibility index (Phi) is 6.99. The van der Waals surface area contributed by atoms with Gasteiger partial charge >= 0.3 is 17.9 Å². The molecular weight excluding hydrogens is 348 g/mol. The predicted octanol–water partition coefficient (Wildman–Crippen LogP) is 3.42. The third-order valence-electron chi connectivity index (χ3n) is 4.94. The lowest BCUT2D eigenvalue weighted by Crippen LogP contribution is -2.36. The van der Waals surface area contributed by atoms with Gasteiger partial charge in [0.25, 0.3) is 0 Å². The van der Waals surface area contributed by atoms with E-state index in [1.54, 1.807) is 13.0 Å². The van der Waals surface area contributed by atoms with Gasteiger partial charge in [-0.1, -0.05) is 38.3 Å². The summed E-state index contributed by atoms with van der Waals surface area (Å²) in [5.74, 6) is -2.16. The van der Waals surface area contributed by atoms with Crippen molar-refractivity contribution in [3.05, 3.63) is 35.5 Å². The summed E-state index contributed by atoms with van der Waals surface area (Å²) in [5.41, 5.74) is -0.0910. The number of carbonyl (C=O) groups is 3. The molecule has 0 saturated carbocycles. The van der Waals surface area contributed by atoms with Crippen molar-refractivity contribution in [2.75, 3.05) is 13.2 Å². The molecule has 0 aromatic rings. The minimum atomic E-state index is -1.29. The minimum absolute atomic E-state index is 0.0854. The molecule has 0 N–H and O–H groups in total. The van der Waals surface area contributed by atoms with E-state index in [9.17, 15) is 14.4 Å². The Morgan fingerprint density at radius 2 is 1.93 bits per heavy atom. The highest BCUT2D eigenvalue weighted by Crippen LogP contribution is 2.53. The summed E-state index contributed by atoms with van der Waals surface area (Å²) in [5, 5.41) is 0. The van der Waals surface area contributed by atoms with Gasteiger partial charge in [0.1, 0.15) is 0 Å². The zero-order valence-electron chi connectivity index (χ0n) is 16.3. The van der Waals surface area contributed by atoms with Crippen LogP contribution in [0.2, 0.25) is 0 Å². The molecule has 0 saturated heterocycles. The summed E-state index contributed by atoms with van der Waals surface area (Å²) >= 11 is 0. The largest absolute Gasteiger partial charge is 0.463 e. The van der Waals surface area contributed by atoms with E-state index >= 15 is 0 Å². The van der Waals surface area contributed by atoms with Crippen LogP contribution in [0.3, 0.4) is 0 Å². The van der Waals surface area contributed by atoms with E-state index in [4.69, 9.17) is 14.2 Å². The maximum absolute atomic E-state index is 12.8. The Bertz CT molecular complexity index is 687. The molecule has 0 amide bonds. The Hall–Kier alpha value is -2.37. The number of hydrogen-bond donors (Lipinski definition) is 0. The number of unbranched alkanes of at least 4 members (excludes halogenated alkanes) is 3. The number of ether oxygens (including phenoxy) is 3. The molecule has 6 heteroatoms. The first-order valence-electron chi connectivity index (χ1n) is 9.53. The molecule has 2 atom stereocenters. The van der Waals surface area contributed by atoms with Crippen molar-refractivity contribution in [3.8, 4) is 0 Å². The van der Waals surface area contributed by atoms with E-state index in [0.29, 0.717) is 6.42 Å². The van der Waals surface area contributed by atoms with Crippen LogP contribution in [0.15, 0.2) is 35.5 Å². The molecule has 2 rings (SSSR count). The zero-order valence-corrected chi connectivity index (χ0v) is 16.3. The second-order valence-corrected chi connectivity index (χ2v) is 6.87. The summed E-state index contributed by atoms with van der Waals surface area (Å²) in [4.78, 5) is 37.3. The molecule has 2 aliphatic carbocycles. The number of esters is 3. The maximum Gasteiger partial charge on any atom is 0.339 e. The van der Waals surface area contributed by atoms with Crippen LogP contribution < -0.4 is 0 Å². The van der Waals surface area contributed by atoms with Crippen LogP contribution >= 0.6 is 0 Å². The van der Waals surface area contributed by atoms with Gasteiger partial charge in [0.15, 0.2) is 5.60 Å². The lowest BCUT2D eigenvalue weighted by molar-refractivity contribution is -0.150. The van der Waals surface area contributed by atoms with Crippen LogP contribution in [0.4, 0.5) is 0 Å². The number of carbonyl (C=O) groups excluding carboxylic acids is 3. The first-order chi connectivity index (χ1) is 12.9. The van der Waals surface area contributed by atoms with Crippen molar-refractivity contribution < 1.29 is 28.6 Å². The zero-order chi connectivity index (χ0) is 20.0. The number of rotatable bonds is 10. The highest BCUT2D eigenvalue weighted by Gasteiger charge is 2.57. The highest BCUT2D eigenvalue weighted by atomic mass is 16.6. The fourth-order valence-electron chi connectivity index (χ4n) is 3.74. The van der Waals surface area contributed by atoms with Gasteiger partial charge in [-0.15, -0.1) is 0 Å². The first-order valence-corrected chi connectivity index (χ1v) is 9.53. The van der Waals surface area contributed by atoms with Crippen molar-refractivity contribution >= 4 is 17.9 Å². The van der Waals surface area contributed by atoms with Gasteiger partial charge in [-0.3, -0.25) is 0 Å². The standard InChI is InChI=1S/C21H28O6/c1-5-8-9-10-11-26-20(24)18-17(19(23)25-7-3)15-13-21(18,12-14(15)4)27-16(22)6-2/h6,12,15H,2,5,7-11,13H2,1,3-4H3. The van der Waals surface area contributed by atoms with Gasteiger partial charge in [0.2, 0.25) is 0 Å². The third-order valence-corrected chi connectivity index (χ3v) is 4.94. The van der Waals surface area contributed by atoms with Crippen LogP contribution in [-0.2, 0) is 28.6 Å². The lowest BCUT2D eigenvalue weighted by Gasteiger charge is -2.27. The van der Waals surface area contributed by atoms with E-state index in [0.717, 1.165) is 37.3 Å². The van der Waals surface area contributed by atoms with Crippen molar-refractivity contribution in [1.82, 2.24) is 0 Å². The van der Waals surface area contributed by atoms with E-state index in [-0.39, 0.29) is 30.3 Å². The van der Waals surface area contributed by atoms with Crippen LogP contribution in [0.1, 0.15) is 52.9 Å². The van der Waals surface area contributed by atoms with Gasteiger partial charge in [-0.2, -0.15) is 0 Å². The molecule has 0 aromatic carbocycles. The molecular formula is C21H28O6. The number of fused-ring (bicyclic) bond motifs is 2. The molecule has 0 fully saturated rings. The van der Waals surface area contributed by atoms with Gasteiger partial charge in [-0.05, 0) is 26.3 Å². The van der Waals surface area contributed by atoms with Crippen LogP contribution in [0, 0.1) is 5.92 Å². The second-order valence-electron chi connectivity index (χ2n) is 6.87. The SMILES string of the molecule is C=CC(=O)OC12C=C(C)C(C1)C(C(=O)OCC)=C2C(=O)OCCCCCC. The molecule has 0 heterocycles. The monoisotopic (exact) mass is 376 g/mol. The van der Waals surface area contributed by atoms with Crippen molar-refractivity contribution in [3.63, 3.8) is 0 Å². The average Bonchev–Trinajstić information content (AvgIpc) is 3.12. The Labute approximate surface area is 160 Å². The summed E-state index contributed by atoms with van der Waals surface area (Å²) in [6.07, 6.45) is 6.95. The maximum atomic E-state index is 12.8. The van der Waals surface area contributed by atoms with E-state index in [2.05, 4.69) is 13.5 Å². The summed E-state index contributed by atoms with van der Waals surface area (Å²) in [6, 6.07) is 0. The molecule has 0 radical (unpaired) electrons. The third kappa shape index (κ3) is 4.31. The molecule has 6 nitrogen and oxygen atoms in total. The smallest absolute Gasteiger partial charge is 0.339 e. The molecule has 0 aliphatic heterocycles. The van der Waals surface area contributed by atoms with Crippen molar-refractivity contribution in [1.29, 1.82) is 0 Å². The predicted molar refractivity (Wildman–Crippen MR) is 99.6 cm³/mol. The molecule has 148 valence electrons. The summed E-state index contributed by atoms with van der Waals surface area (Å²) < 4.78 is 16.1. The Morgan fingerprint density at radius 1 is 1.19 bits per heavy atom. The van der Waals surface area contributed by atoms with Gasteiger partial charge in [0.05, 0.1) is 24.4 Å². The number of hydrogen-bond acceptors (Lipinski definition) is 6. The van der Waals surface area contributed by atoms with Crippen LogP contribution in [-0.4, -0.2) is 36.7 Å². The van der Waals surface area contributed by atoms with Crippen LogP contribution in [0.5, 0.6) is 0 Å². The van der Waals surface area contributed by atoms with E-state index in [1.807, 2.05) is 6.92 Å². The normalized spacial score (nSPS) is 23.1. The van der Waals surface area contributed by atoms with Crippen molar-refractivity contribution in [2.24, 2.45) is 5.92 Å². The molecule has 0 spiro atoms. The van der Waals surface area contributed by atoms with Crippen LogP contribution in [0.25, 0.3) is 0 Å². The Morgan fingerprint density at radius 3 is 2.56 bits per heavy atom. The minimum Gasteiger partial charge on any atom is -0.463 e. The summed E-state index contributed by atoms with van der Waals surface area (Å²) in [6.45, 7) is 9.52. The first kappa shape index (κ1) is 20.9. The summed E-state index contributed by atoms with van der Waals surface area (Å²) in [7, 11) is 0. The average molecular weight is 376 g/mol. The quantitative estimate of drug-likeness (QED) is 0.191. The lowest BCUT2D eigenvalue weighted by atomic mass is 9.90. The van der Waals surface area contributed by atoms with Gasteiger partial charge < -0.3 is 14.2 Å². The molecule has 2 aliphatic rings. The van der Waals surface area contributed by atoms with E-state index in [1.165, 1.54) is 0 Å². The number of allylic oxidation sites excluding steroid dienone is 1. The van der Waals surface area contributed by atoms with Crippen molar-refractivity contribution in [2.45, 2.75) is 58.5 Å². The van der Waals surface area contributed by atoms with Gasteiger partial charge in [-0.25, -0.2) is 14.4 Å². The molecule has 0 aromatic heterocycles. The fourth-order valence-corrected chi connectivity index (χ4v) is 3.74. The second kappa shape index (κ2) is 9.02. The molecule has 2 unspecified atom stereocenters. The fraction of sp³-hybridized carbons (Fsp3) is 0.571. The molecule has 27 heavy (non-hydrogen) atoms. The van der Waals surface area contributed by atoms with Gasteiger partial charge in [0, 0.05) is 18.4 Å². The highest BCUT2D eigenvalue weighted by molar-refractivity contribution is 6.05. The van der Waals surface area contributed by atoms with E-state index < -0.39 is 23.5 Å².